The fraction of sp³-hybridized carbons (Fsp3) is 0.0952. The van der Waals surface area contributed by atoms with Crippen molar-refractivity contribution in [1.29, 1.82) is 0 Å². The third-order valence-electron chi connectivity index (χ3n) is 3.85. The van der Waals surface area contributed by atoms with Crippen molar-refractivity contribution in [3.05, 3.63) is 94.8 Å². The summed E-state index contributed by atoms with van der Waals surface area (Å²) in [5, 5.41) is 6.23. The van der Waals surface area contributed by atoms with Crippen LogP contribution in [0.4, 0.5) is 5.69 Å². The van der Waals surface area contributed by atoms with Crippen molar-refractivity contribution in [2.24, 2.45) is 0 Å². The summed E-state index contributed by atoms with van der Waals surface area (Å²) in [5.41, 5.74) is 2.16. The maximum absolute atomic E-state index is 12.8. The summed E-state index contributed by atoms with van der Waals surface area (Å²) in [4.78, 5) is 29.2. The Bertz CT molecular complexity index is 931. The topological polar surface area (TPSA) is 71.1 Å². The second-order valence-electron chi connectivity index (χ2n) is 5.86. The SMILES string of the molecule is O=C(CNCc1ccccn1)Nc1ccc(Cl)cc1C(=O)c1ccccc1. The summed E-state index contributed by atoms with van der Waals surface area (Å²) in [6, 6.07) is 19.3. The minimum absolute atomic E-state index is 0.0954. The van der Waals surface area contributed by atoms with E-state index in [1.54, 1.807) is 48.7 Å². The Morgan fingerprint density at radius 1 is 0.963 bits per heavy atom. The van der Waals surface area contributed by atoms with Gasteiger partial charge < -0.3 is 10.6 Å². The first kappa shape index (κ1) is 18.8. The molecule has 0 bridgehead atoms. The molecule has 2 N–H and O–H groups in total. The molecular formula is C21H18ClN3O2. The Hall–Kier alpha value is -3.02. The zero-order chi connectivity index (χ0) is 19.1. The van der Waals surface area contributed by atoms with Gasteiger partial charge >= 0.3 is 0 Å². The van der Waals surface area contributed by atoms with Crippen molar-refractivity contribution in [2.45, 2.75) is 6.54 Å². The molecule has 0 fully saturated rings. The van der Waals surface area contributed by atoms with Gasteiger partial charge in [-0.3, -0.25) is 14.6 Å². The Morgan fingerprint density at radius 2 is 1.74 bits per heavy atom. The van der Waals surface area contributed by atoms with Gasteiger partial charge in [-0.05, 0) is 30.3 Å². The molecule has 3 aromatic rings. The lowest BCUT2D eigenvalue weighted by Crippen LogP contribution is -2.28. The summed E-state index contributed by atoms with van der Waals surface area (Å²) in [6.45, 7) is 0.572. The zero-order valence-corrected chi connectivity index (χ0v) is 15.2. The average Bonchev–Trinajstić information content (AvgIpc) is 2.70. The highest BCUT2D eigenvalue weighted by Gasteiger charge is 2.16. The highest BCUT2D eigenvalue weighted by Crippen LogP contribution is 2.23. The first-order valence-corrected chi connectivity index (χ1v) is 8.81. The predicted molar refractivity (Wildman–Crippen MR) is 106 cm³/mol. The maximum Gasteiger partial charge on any atom is 0.238 e. The molecule has 0 atom stereocenters. The average molecular weight is 380 g/mol. The molecule has 136 valence electrons. The molecule has 0 saturated heterocycles. The fourth-order valence-corrected chi connectivity index (χ4v) is 2.73. The van der Waals surface area contributed by atoms with Crippen LogP contribution < -0.4 is 10.6 Å². The molecule has 0 unspecified atom stereocenters. The van der Waals surface area contributed by atoms with Crippen molar-refractivity contribution >= 4 is 29.0 Å². The smallest absolute Gasteiger partial charge is 0.238 e. The highest BCUT2D eigenvalue weighted by molar-refractivity contribution is 6.31. The third-order valence-corrected chi connectivity index (χ3v) is 4.09. The number of benzene rings is 2. The summed E-state index contributed by atoms with van der Waals surface area (Å²) in [6.07, 6.45) is 1.70. The molecular weight excluding hydrogens is 362 g/mol. The lowest BCUT2D eigenvalue weighted by atomic mass is 10.0. The molecule has 0 radical (unpaired) electrons. The quantitative estimate of drug-likeness (QED) is 0.614. The lowest BCUT2D eigenvalue weighted by Gasteiger charge is -2.12. The van der Waals surface area contributed by atoms with Crippen LogP contribution in [0, 0.1) is 0 Å². The molecule has 6 heteroatoms. The van der Waals surface area contributed by atoms with E-state index in [2.05, 4.69) is 15.6 Å². The first-order chi connectivity index (χ1) is 13.1. The number of rotatable bonds is 7. The molecule has 2 aromatic carbocycles. The standard InChI is InChI=1S/C21H18ClN3O2/c22-16-9-10-19(18(12-16)21(27)15-6-2-1-3-7-15)25-20(26)14-23-13-17-8-4-5-11-24-17/h1-12,23H,13-14H2,(H,25,26). The second kappa shape index (κ2) is 9.07. The van der Waals surface area contributed by atoms with Gasteiger partial charge in [0, 0.05) is 28.9 Å². The molecule has 0 aliphatic heterocycles. The predicted octanol–water partition coefficient (Wildman–Crippen LogP) is 3.69. The van der Waals surface area contributed by atoms with E-state index in [4.69, 9.17) is 11.6 Å². The third kappa shape index (κ3) is 5.23. The van der Waals surface area contributed by atoms with Crippen molar-refractivity contribution in [2.75, 3.05) is 11.9 Å². The van der Waals surface area contributed by atoms with E-state index in [1.807, 2.05) is 24.3 Å². The summed E-state index contributed by atoms with van der Waals surface area (Å²) in [5.74, 6) is -0.454. The van der Waals surface area contributed by atoms with Crippen LogP contribution in [-0.2, 0) is 11.3 Å². The molecule has 3 rings (SSSR count). The van der Waals surface area contributed by atoms with Gasteiger partial charge in [-0.2, -0.15) is 0 Å². The van der Waals surface area contributed by atoms with E-state index >= 15 is 0 Å². The number of nitrogens with zero attached hydrogens (tertiary/aromatic N) is 1. The number of halogens is 1. The maximum atomic E-state index is 12.8. The molecule has 0 aliphatic carbocycles. The van der Waals surface area contributed by atoms with E-state index in [9.17, 15) is 9.59 Å². The van der Waals surface area contributed by atoms with Gasteiger partial charge in [0.05, 0.1) is 17.9 Å². The second-order valence-corrected chi connectivity index (χ2v) is 6.29. The van der Waals surface area contributed by atoms with Crippen molar-refractivity contribution in [1.82, 2.24) is 10.3 Å². The van der Waals surface area contributed by atoms with Gasteiger partial charge in [0.25, 0.3) is 0 Å². The Kier molecular flexibility index (Phi) is 6.30. The molecule has 1 heterocycles. The van der Waals surface area contributed by atoms with Crippen LogP contribution >= 0.6 is 11.6 Å². The Labute approximate surface area is 162 Å². The number of amides is 1. The van der Waals surface area contributed by atoms with Crippen LogP contribution in [0.1, 0.15) is 21.6 Å². The van der Waals surface area contributed by atoms with Gasteiger partial charge in [0.2, 0.25) is 5.91 Å². The number of hydrogen-bond donors (Lipinski definition) is 2. The zero-order valence-electron chi connectivity index (χ0n) is 14.5. The van der Waals surface area contributed by atoms with Crippen LogP contribution in [0.3, 0.4) is 0 Å². The van der Waals surface area contributed by atoms with Gasteiger partial charge in [0.1, 0.15) is 0 Å². The monoisotopic (exact) mass is 379 g/mol. The number of ketones is 1. The lowest BCUT2D eigenvalue weighted by molar-refractivity contribution is -0.115. The van der Waals surface area contributed by atoms with Crippen LogP contribution in [0.15, 0.2) is 72.9 Å². The van der Waals surface area contributed by atoms with Crippen molar-refractivity contribution < 1.29 is 9.59 Å². The van der Waals surface area contributed by atoms with Crippen molar-refractivity contribution in [3.8, 4) is 0 Å². The minimum atomic E-state index is -0.254. The van der Waals surface area contributed by atoms with Gasteiger partial charge in [-0.25, -0.2) is 0 Å². The highest BCUT2D eigenvalue weighted by atomic mass is 35.5. The number of aromatic nitrogens is 1. The fourth-order valence-electron chi connectivity index (χ4n) is 2.56. The van der Waals surface area contributed by atoms with E-state index in [1.165, 1.54) is 0 Å². The number of carbonyl (C=O) groups excluding carboxylic acids is 2. The molecule has 0 spiro atoms. The molecule has 1 amide bonds. The number of anilines is 1. The molecule has 0 aliphatic rings. The van der Waals surface area contributed by atoms with Gasteiger partial charge in [0.15, 0.2) is 5.78 Å². The van der Waals surface area contributed by atoms with Gasteiger partial charge in [-0.1, -0.05) is 48.0 Å². The normalized spacial score (nSPS) is 10.4. The van der Waals surface area contributed by atoms with E-state index in [-0.39, 0.29) is 18.2 Å². The number of pyridine rings is 1. The van der Waals surface area contributed by atoms with E-state index in [0.717, 1.165) is 5.69 Å². The summed E-state index contributed by atoms with van der Waals surface area (Å²) in [7, 11) is 0. The summed E-state index contributed by atoms with van der Waals surface area (Å²) < 4.78 is 0. The first-order valence-electron chi connectivity index (χ1n) is 8.43. The van der Waals surface area contributed by atoms with Crippen LogP contribution in [0.5, 0.6) is 0 Å². The molecule has 5 nitrogen and oxygen atoms in total. The van der Waals surface area contributed by atoms with E-state index < -0.39 is 0 Å². The van der Waals surface area contributed by atoms with Crippen molar-refractivity contribution in [3.63, 3.8) is 0 Å². The largest absolute Gasteiger partial charge is 0.324 e. The summed E-state index contributed by atoms with van der Waals surface area (Å²) >= 11 is 6.05. The van der Waals surface area contributed by atoms with Gasteiger partial charge in [-0.15, -0.1) is 0 Å². The Balaban J connectivity index is 1.67. The number of carbonyl (C=O) groups is 2. The van der Waals surface area contributed by atoms with E-state index in [0.29, 0.717) is 28.4 Å². The molecule has 27 heavy (non-hydrogen) atoms. The van der Waals surface area contributed by atoms with Crippen LogP contribution in [-0.4, -0.2) is 23.2 Å². The van der Waals surface area contributed by atoms with Crippen LogP contribution in [0.25, 0.3) is 0 Å². The molecule has 1 aromatic heterocycles. The number of nitrogens with one attached hydrogen (secondary N) is 2. The molecule has 0 saturated carbocycles. The Morgan fingerprint density at radius 3 is 2.48 bits per heavy atom. The number of hydrogen-bond acceptors (Lipinski definition) is 4. The van der Waals surface area contributed by atoms with Crippen LogP contribution in [0.2, 0.25) is 5.02 Å². The minimum Gasteiger partial charge on any atom is -0.324 e.